The number of nitrogens with one attached hydrogen (secondary N) is 1. The third-order valence-electron chi connectivity index (χ3n) is 2.61. The summed E-state index contributed by atoms with van der Waals surface area (Å²) in [6.45, 7) is 0. The normalized spacial score (nSPS) is 10.3. The van der Waals surface area contributed by atoms with E-state index in [1.807, 2.05) is 0 Å². The summed E-state index contributed by atoms with van der Waals surface area (Å²) in [5.41, 5.74) is 0.786. The first kappa shape index (κ1) is 13.2. The van der Waals surface area contributed by atoms with E-state index in [1.54, 1.807) is 18.2 Å². The van der Waals surface area contributed by atoms with Crippen molar-refractivity contribution in [3.63, 3.8) is 0 Å². The molecule has 0 aromatic carbocycles. The van der Waals surface area contributed by atoms with Gasteiger partial charge < -0.3 is 5.32 Å². The standard InChI is InChI=1S/C13H9ClN6O/c14-9-3-4-16-11(5-9)13(21)19-10-1-2-12(17-6-10)20-8-15-7-18-20/h1-8H,(H,19,21). The highest BCUT2D eigenvalue weighted by Gasteiger charge is 2.08. The first-order chi connectivity index (χ1) is 10.2. The monoisotopic (exact) mass is 300 g/mol. The third kappa shape index (κ3) is 3.03. The number of rotatable bonds is 3. The zero-order valence-corrected chi connectivity index (χ0v) is 11.4. The molecular weight excluding hydrogens is 292 g/mol. The summed E-state index contributed by atoms with van der Waals surface area (Å²) in [5, 5.41) is 7.11. The average Bonchev–Trinajstić information content (AvgIpc) is 3.02. The van der Waals surface area contributed by atoms with E-state index in [2.05, 4.69) is 25.4 Å². The lowest BCUT2D eigenvalue weighted by atomic mass is 10.3. The van der Waals surface area contributed by atoms with Crippen LogP contribution in [0.1, 0.15) is 10.5 Å². The molecular formula is C13H9ClN6O. The molecule has 21 heavy (non-hydrogen) atoms. The quantitative estimate of drug-likeness (QED) is 0.799. The van der Waals surface area contributed by atoms with Gasteiger partial charge in [-0.2, -0.15) is 5.10 Å². The van der Waals surface area contributed by atoms with Crippen molar-refractivity contribution in [2.75, 3.05) is 5.32 Å². The van der Waals surface area contributed by atoms with Gasteiger partial charge in [0.1, 0.15) is 18.3 Å². The number of hydrogen-bond donors (Lipinski definition) is 1. The molecule has 0 fully saturated rings. The van der Waals surface area contributed by atoms with Crippen LogP contribution in [0.4, 0.5) is 5.69 Å². The molecule has 0 aliphatic carbocycles. The van der Waals surface area contributed by atoms with Crippen LogP contribution in [0.5, 0.6) is 0 Å². The number of pyridine rings is 2. The van der Waals surface area contributed by atoms with Gasteiger partial charge in [0.15, 0.2) is 5.82 Å². The zero-order chi connectivity index (χ0) is 14.7. The number of amides is 1. The molecule has 0 saturated carbocycles. The predicted molar refractivity (Wildman–Crippen MR) is 76.4 cm³/mol. The second kappa shape index (κ2) is 5.68. The highest BCUT2D eigenvalue weighted by molar-refractivity contribution is 6.30. The molecule has 1 N–H and O–H groups in total. The molecule has 0 spiro atoms. The maximum Gasteiger partial charge on any atom is 0.274 e. The van der Waals surface area contributed by atoms with Gasteiger partial charge in [-0.05, 0) is 24.3 Å². The first-order valence-corrected chi connectivity index (χ1v) is 6.34. The first-order valence-electron chi connectivity index (χ1n) is 5.96. The van der Waals surface area contributed by atoms with Crippen molar-refractivity contribution in [3.8, 4) is 5.82 Å². The minimum absolute atomic E-state index is 0.239. The Bertz CT molecular complexity index is 757. The lowest BCUT2D eigenvalue weighted by Crippen LogP contribution is -2.13. The predicted octanol–water partition coefficient (Wildman–Crippen LogP) is 1.96. The van der Waals surface area contributed by atoms with Crippen LogP contribution in [0.25, 0.3) is 5.82 Å². The molecule has 3 heterocycles. The van der Waals surface area contributed by atoms with E-state index in [-0.39, 0.29) is 11.6 Å². The van der Waals surface area contributed by atoms with Gasteiger partial charge in [-0.25, -0.2) is 14.6 Å². The largest absolute Gasteiger partial charge is 0.319 e. The summed E-state index contributed by atoms with van der Waals surface area (Å²) in [6, 6.07) is 6.53. The second-order valence-corrected chi connectivity index (χ2v) is 4.49. The summed E-state index contributed by atoms with van der Waals surface area (Å²) in [4.78, 5) is 24.0. The van der Waals surface area contributed by atoms with E-state index >= 15 is 0 Å². The molecule has 0 atom stereocenters. The number of carbonyl (C=O) groups is 1. The molecule has 3 rings (SSSR count). The molecule has 0 aliphatic heterocycles. The fraction of sp³-hybridized carbons (Fsp3) is 0. The lowest BCUT2D eigenvalue weighted by Gasteiger charge is -2.05. The fourth-order valence-corrected chi connectivity index (χ4v) is 1.81. The Morgan fingerprint density at radius 1 is 1.24 bits per heavy atom. The Hall–Kier alpha value is -2.80. The van der Waals surface area contributed by atoms with E-state index in [1.165, 1.54) is 35.8 Å². The fourth-order valence-electron chi connectivity index (χ4n) is 1.65. The maximum atomic E-state index is 12.0. The van der Waals surface area contributed by atoms with Gasteiger partial charge in [-0.1, -0.05) is 11.6 Å². The summed E-state index contributed by atoms with van der Waals surface area (Å²) < 4.78 is 1.52. The molecule has 0 saturated heterocycles. The Labute approximate surface area is 124 Å². The molecule has 7 nitrogen and oxygen atoms in total. The van der Waals surface area contributed by atoms with Crippen molar-refractivity contribution in [2.45, 2.75) is 0 Å². The molecule has 104 valence electrons. The summed E-state index contributed by atoms with van der Waals surface area (Å²) in [5.74, 6) is 0.249. The molecule has 1 amide bonds. The summed E-state index contributed by atoms with van der Waals surface area (Å²) in [7, 11) is 0. The smallest absolute Gasteiger partial charge is 0.274 e. The van der Waals surface area contributed by atoms with E-state index in [4.69, 9.17) is 11.6 Å². The van der Waals surface area contributed by atoms with Gasteiger partial charge in [0.25, 0.3) is 5.91 Å². The van der Waals surface area contributed by atoms with Crippen molar-refractivity contribution in [1.29, 1.82) is 0 Å². The molecule has 0 radical (unpaired) electrons. The highest BCUT2D eigenvalue weighted by atomic mass is 35.5. The van der Waals surface area contributed by atoms with Crippen molar-refractivity contribution in [3.05, 3.63) is 60.0 Å². The zero-order valence-electron chi connectivity index (χ0n) is 10.6. The second-order valence-electron chi connectivity index (χ2n) is 4.06. The number of anilines is 1. The highest BCUT2D eigenvalue weighted by Crippen LogP contribution is 2.12. The van der Waals surface area contributed by atoms with E-state index in [0.29, 0.717) is 16.5 Å². The van der Waals surface area contributed by atoms with Gasteiger partial charge in [0.05, 0.1) is 11.9 Å². The molecule has 3 aromatic rings. The minimum atomic E-state index is -0.354. The van der Waals surface area contributed by atoms with E-state index in [9.17, 15) is 4.79 Å². The summed E-state index contributed by atoms with van der Waals surface area (Å²) in [6.07, 6.45) is 5.96. The van der Waals surface area contributed by atoms with Gasteiger partial charge in [0.2, 0.25) is 0 Å². The molecule has 8 heteroatoms. The minimum Gasteiger partial charge on any atom is -0.319 e. The number of carbonyl (C=O) groups excluding carboxylic acids is 1. The van der Waals surface area contributed by atoms with Crippen molar-refractivity contribution in [1.82, 2.24) is 24.7 Å². The van der Waals surface area contributed by atoms with Crippen molar-refractivity contribution in [2.24, 2.45) is 0 Å². The SMILES string of the molecule is O=C(Nc1ccc(-n2cncn2)nc1)c1cc(Cl)ccn1. The van der Waals surface area contributed by atoms with Crippen LogP contribution in [0, 0.1) is 0 Å². The number of aromatic nitrogens is 5. The van der Waals surface area contributed by atoms with E-state index < -0.39 is 0 Å². The van der Waals surface area contributed by atoms with Crippen LogP contribution < -0.4 is 5.32 Å². The van der Waals surface area contributed by atoms with Crippen LogP contribution >= 0.6 is 11.6 Å². The van der Waals surface area contributed by atoms with Crippen LogP contribution in [-0.4, -0.2) is 30.6 Å². The molecule has 0 aliphatic rings. The third-order valence-corrected chi connectivity index (χ3v) is 2.85. The molecule has 0 bridgehead atoms. The number of halogens is 1. The molecule has 3 aromatic heterocycles. The van der Waals surface area contributed by atoms with Gasteiger partial charge in [-0.3, -0.25) is 9.78 Å². The maximum absolute atomic E-state index is 12.0. The van der Waals surface area contributed by atoms with Gasteiger partial charge >= 0.3 is 0 Å². The van der Waals surface area contributed by atoms with Gasteiger partial charge in [0, 0.05) is 11.2 Å². The lowest BCUT2D eigenvalue weighted by molar-refractivity contribution is 0.102. The Kier molecular flexibility index (Phi) is 3.57. The average molecular weight is 301 g/mol. The Morgan fingerprint density at radius 3 is 2.81 bits per heavy atom. The van der Waals surface area contributed by atoms with Crippen LogP contribution in [0.15, 0.2) is 49.3 Å². The van der Waals surface area contributed by atoms with Crippen LogP contribution in [0.3, 0.4) is 0 Å². The Morgan fingerprint density at radius 2 is 2.14 bits per heavy atom. The van der Waals surface area contributed by atoms with Crippen molar-refractivity contribution < 1.29 is 4.79 Å². The Balaban J connectivity index is 1.75. The number of hydrogen-bond acceptors (Lipinski definition) is 5. The number of nitrogens with zero attached hydrogens (tertiary/aromatic N) is 5. The molecule has 0 unspecified atom stereocenters. The van der Waals surface area contributed by atoms with Crippen molar-refractivity contribution >= 4 is 23.2 Å². The van der Waals surface area contributed by atoms with Crippen LogP contribution in [-0.2, 0) is 0 Å². The topological polar surface area (TPSA) is 85.6 Å². The van der Waals surface area contributed by atoms with E-state index in [0.717, 1.165) is 0 Å². The van der Waals surface area contributed by atoms with Crippen LogP contribution in [0.2, 0.25) is 5.02 Å². The van der Waals surface area contributed by atoms with Gasteiger partial charge in [-0.15, -0.1) is 0 Å². The summed E-state index contributed by atoms with van der Waals surface area (Å²) >= 11 is 5.82.